The van der Waals surface area contributed by atoms with Gasteiger partial charge in [0, 0.05) is 21.8 Å². The van der Waals surface area contributed by atoms with Crippen LogP contribution in [0.5, 0.6) is 0 Å². The van der Waals surface area contributed by atoms with Crippen molar-refractivity contribution in [3.05, 3.63) is 63.1 Å². The third kappa shape index (κ3) is 2.19. The zero-order valence-corrected chi connectivity index (χ0v) is 14.1. The van der Waals surface area contributed by atoms with Gasteiger partial charge in [-0.15, -0.1) is 10.2 Å². The summed E-state index contributed by atoms with van der Waals surface area (Å²) in [6, 6.07) is 7.89. The number of rotatable bonds is 1. The van der Waals surface area contributed by atoms with Crippen molar-refractivity contribution in [1.29, 1.82) is 0 Å². The summed E-state index contributed by atoms with van der Waals surface area (Å²) >= 11 is 6.04. The van der Waals surface area contributed by atoms with Crippen molar-refractivity contribution in [3.8, 4) is 0 Å². The first-order chi connectivity index (χ1) is 11.1. The minimum Gasteiger partial charge on any atom is -0.294 e. The van der Waals surface area contributed by atoms with Crippen molar-refractivity contribution in [1.82, 2.24) is 14.8 Å². The van der Waals surface area contributed by atoms with Crippen LogP contribution in [0.25, 0.3) is 5.60 Å². The Labute approximate surface area is 140 Å². The van der Waals surface area contributed by atoms with E-state index in [9.17, 15) is 0 Å². The van der Waals surface area contributed by atoms with Gasteiger partial charge in [0.2, 0.25) is 7.28 Å². The van der Waals surface area contributed by atoms with Gasteiger partial charge in [0.15, 0.2) is 5.82 Å². The molecule has 4 rings (SSSR count). The van der Waals surface area contributed by atoms with Crippen LogP contribution in [0.15, 0.2) is 45.9 Å². The molecule has 0 unspecified atom stereocenters. The molecule has 0 bridgehead atoms. The number of allylic oxidation sites excluding steroid dienone is 3. The molecule has 0 radical (unpaired) electrons. The lowest BCUT2D eigenvalue weighted by atomic mass is 9.69. The second-order valence-corrected chi connectivity index (χ2v) is 6.51. The fraction of sp³-hybridized carbons (Fsp3) is 0.235. The van der Waals surface area contributed by atoms with E-state index in [2.05, 4.69) is 28.6 Å². The van der Waals surface area contributed by atoms with Gasteiger partial charge in [-0.1, -0.05) is 41.7 Å². The van der Waals surface area contributed by atoms with E-state index in [-0.39, 0.29) is 0 Å². The Balaban J connectivity index is 1.96. The number of nitrogens with zero attached hydrogens (tertiary/aromatic N) is 4. The first-order valence-corrected chi connectivity index (χ1v) is 8.06. The Kier molecular flexibility index (Phi) is 3.27. The van der Waals surface area contributed by atoms with E-state index in [1.54, 1.807) is 0 Å². The molecule has 0 saturated heterocycles. The molecule has 2 aliphatic heterocycles. The summed E-state index contributed by atoms with van der Waals surface area (Å²) in [4.78, 5) is 4.86. The van der Waals surface area contributed by atoms with Gasteiger partial charge in [-0.2, -0.15) is 0 Å². The lowest BCUT2D eigenvalue weighted by molar-refractivity contribution is 0.879. The van der Waals surface area contributed by atoms with Crippen LogP contribution in [-0.4, -0.2) is 27.8 Å². The lowest BCUT2D eigenvalue weighted by Gasteiger charge is -2.13. The van der Waals surface area contributed by atoms with Crippen LogP contribution in [0.3, 0.4) is 0 Å². The largest absolute Gasteiger partial charge is 0.294 e. The van der Waals surface area contributed by atoms with Crippen LogP contribution < -0.4 is 0 Å². The van der Waals surface area contributed by atoms with Crippen molar-refractivity contribution in [3.63, 3.8) is 0 Å². The SMILES string of the molecule is CC1=C(C)C2=C(B1)n1c(C)nnc1CN=C2c1ccc(Cl)cc1. The number of hydrogen-bond acceptors (Lipinski definition) is 3. The van der Waals surface area contributed by atoms with Crippen LogP contribution in [0.2, 0.25) is 5.02 Å². The summed E-state index contributed by atoms with van der Waals surface area (Å²) in [5, 5.41) is 9.27. The number of aliphatic imine (C=N–C) groups is 1. The predicted molar refractivity (Wildman–Crippen MR) is 95.2 cm³/mol. The molecule has 0 fully saturated rings. The second kappa shape index (κ2) is 5.20. The number of aromatic nitrogens is 3. The van der Waals surface area contributed by atoms with Gasteiger partial charge >= 0.3 is 0 Å². The maximum absolute atomic E-state index is 6.04. The molecule has 2 aromatic rings. The molecular weight excluding hydrogens is 306 g/mol. The predicted octanol–water partition coefficient (Wildman–Crippen LogP) is 3.16. The molecule has 0 atom stereocenters. The monoisotopic (exact) mass is 322 g/mol. The molecule has 2 aliphatic rings. The highest BCUT2D eigenvalue weighted by Gasteiger charge is 2.30. The highest BCUT2D eigenvalue weighted by molar-refractivity contribution is 6.69. The summed E-state index contributed by atoms with van der Waals surface area (Å²) in [5.41, 5.74) is 7.24. The minimum atomic E-state index is 0.540. The molecule has 6 heteroatoms. The van der Waals surface area contributed by atoms with Crippen LogP contribution in [0, 0.1) is 6.92 Å². The Morgan fingerprint density at radius 1 is 1.09 bits per heavy atom. The number of fused-ring (bicyclic) bond motifs is 2. The van der Waals surface area contributed by atoms with Gasteiger partial charge in [0.25, 0.3) is 0 Å². The van der Waals surface area contributed by atoms with E-state index in [1.165, 1.54) is 22.2 Å². The maximum atomic E-state index is 6.04. The number of hydrogen-bond donors (Lipinski definition) is 0. The Bertz CT molecular complexity index is 903. The van der Waals surface area contributed by atoms with Crippen molar-refractivity contribution < 1.29 is 0 Å². The van der Waals surface area contributed by atoms with E-state index < -0.39 is 0 Å². The first-order valence-electron chi connectivity index (χ1n) is 7.68. The van der Waals surface area contributed by atoms with Gasteiger partial charge in [0.1, 0.15) is 12.4 Å². The van der Waals surface area contributed by atoms with E-state index in [0.717, 1.165) is 35.2 Å². The number of halogens is 1. The number of benzene rings is 1. The molecule has 4 nitrogen and oxygen atoms in total. The van der Waals surface area contributed by atoms with Gasteiger partial charge in [-0.05, 0) is 26.0 Å². The zero-order valence-electron chi connectivity index (χ0n) is 13.4. The smallest absolute Gasteiger partial charge is 0.209 e. The molecule has 0 aliphatic carbocycles. The molecule has 114 valence electrons. The standard InChI is InChI=1S/C17H16BClN4/c1-9-10(2)18-17-15(9)16(12-4-6-13(19)7-5-12)20-8-14-22-21-11(3)23(14)17/h4-7,18H,8H2,1-3H3. The van der Waals surface area contributed by atoms with Crippen molar-refractivity contribution in [2.45, 2.75) is 27.3 Å². The lowest BCUT2D eigenvalue weighted by Crippen LogP contribution is -2.11. The molecule has 0 saturated carbocycles. The molecule has 1 aromatic carbocycles. The average Bonchev–Trinajstić information content (AvgIpc) is 2.97. The summed E-state index contributed by atoms with van der Waals surface area (Å²) in [7, 11) is 0.916. The molecule has 3 heterocycles. The van der Waals surface area contributed by atoms with E-state index >= 15 is 0 Å². The summed E-state index contributed by atoms with van der Waals surface area (Å²) in [6.45, 7) is 6.89. The topological polar surface area (TPSA) is 43.1 Å². The zero-order chi connectivity index (χ0) is 16.1. The highest BCUT2D eigenvalue weighted by Crippen LogP contribution is 2.35. The van der Waals surface area contributed by atoms with Gasteiger partial charge in [-0.25, -0.2) is 0 Å². The first kappa shape index (κ1) is 14.5. The molecule has 0 spiro atoms. The third-order valence-corrected chi connectivity index (χ3v) is 4.88. The summed E-state index contributed by atoms with van der Waals surface area (Å²) in [5.74, 6) is 1.82. The molecule has 0 N–H and O–H groups in total. The fourth-order valence-electron chi connectivity index (χ4n) is 3.34. The molecule has 23 heavy (non-hydrogen) atoms. The van der Waals surface area contributed by atoms with E-state index in [4.69, 9.17) is 16.6 Å². The fourth-order valence-corrected chi connectivity index (χ4v) is 3.47. The average molecular weight is 323 g/mol. The normalized spacial score (nSPS) is 16.8. The summed E-state index contributed by atoms with van der Waals surface area (Å²) < 4.78 is 2.17. The second-order valence-electron chi connectivity index (χ2n) is 6.07. The van der Waals surface area contributed by atoms with Crippen LogP contribution >= 0.6 is 11.6 Å². The maximum Gasteiger partial charge on any atom is 0.209 e. The van der Waals surface area contributed by atoms with Gasteiger partial charge in [0.05, 0.1) is 5.71 Å². The quantitative estimate of drug-likeness (QED) is 0.757. The molecule has 0 amide bonds. The van der Waals surface area contributed by atoms with E-state index in [1.807, 2.05) is 31.2 Å². The summed E-state index contributed by atoms with van der Waals surface area (Å²) in [6.07, 6.45) is 0. The van der Waals surface area contributed by atoms with Gasteiger partial charge in [-0.3, -0.25) is 9.56 Å². The van der Waals surface area contributed by atoms with Crippen LogP contribution in [-0.2, 0) is 6.54 Å². The number of aryl methyl sites for hydroxylation is 1. The Morgan fingerprint density at radius 2 is 1.83 bits per heavy atom. The van der Waals surface area contributed by atoms with E-state index in [0.29, 0.717) is 6.54 Å². The van der Waals surface area contributed by atoms with Crippen LogP contribution in [0.4, 0.5) is 0 Å². The van der Waals surface area contributed by atoms with Crippen molar-refractivity contribution in [2.75, 3.05) is 0 Å². The van der Waals surface area contributed by atoms with Crippen molar-refractivity contribution >= 4 is 30.2 Å². The molecule has 1 aromatic heterocycles. The molecular formula is C17H16BClN4. The highest BCUT2D eigenvalue weighted by atomic mass is 35.5. The van der Waals surface area contributed by atoms with Gasteiger partial charge < -0.3 is 0 Å². The van der Waals surface area contributed by atoms with Crippen molar-refractivity contribution in [2.24, 2.45) is 4.99 Å². The Hall–Kier alpha value is -2.14. The third-order valence-electron chi connectivity index (χ3n) is 4.63. The minimum absolute atomic E-state index is 0.540. The Morgan fingerprint density at radius 3 is 2.57 bits per heavy atom. The van der Waals surface area contributed by atoms with Crippen LogP contribution in [0.1, 0.15) is 31.1 Å².